The van der Waals surface area contributed by atoms with Crippen LogP contribution in [0.3, 0.4) is 0 Å². The Labute approximate surface area is 303 Å². The number of ketones is 1. The number of amides is 2. The number of halogens is 3. The fourth-order valence-corrected chi connectivity index (χ4v) is 9.78. The van der Waals surface area contributed by atoms with Crippen LogP contribution in [0.5, 0.6) is 0 Å². The van der Waals surface area contributed by atoms with Crippen molar-refractivity contribution in [2.75, 3.05) is 11.5 Å². The lowest BCUT2D eigenvalue weighted by molar-refractivity contribution is -0.123. The van der Waals surface area contributed by atoms with Crippen molar-refractivity contribution < 1.29 is 23.9 Å². The van der Waals surface area contributed by atoms with Gasteiger partial charge < -0.3 is 4.74 Å². The topological polar surface area (TPSA) is 93.6 Å². The zero-order chi connectivity index (χ0) is 34.0. The van der Waals surface area contributed by atoms with Gasteiger partial charge in [-0.05, 0) is 53.6 Å². The van der Waals surface area contributed by atoms with Crippen molar-refractivity contribution in [1.82, 2.24) is 4.98 Å². The Bertz CT molecular complexity index is 2130. The zero-order valence-electron chi connectivity index (χ0n) is 25.8. The molecule has 244 valence electrons. The number of imide groups is 1. The lowest BCUT2D eigenvalue weighted by Crippen LogP contribution is -2.37. The SMILES string of the molecule is O=C(COC(=O)c1cc(-c2ccc(N3C(=O)C4C5CC(C(Br)C5Br)C4C3=O)cc2)nc2c(Cl)cccc12)c1ccc(-c2ccccc2)cc1. The van der Waals surface area contributed by atoms with Crippen LogP contribution in [0.25, 0.3) is 33.3 Å². The number of alkyl halides is 2. The summed E-state index contributed by atoms with van der Waals surface area (Å²) in [7, 11) is 0. The summed E-state index contributed by atoms with van der Waals surface area (Å²) >= 11 is 14.0. The van der Waals surface area contributed by atoms with Crippen LogP contribution < -0.4 is 4.90 Å². The summed E-state index contributed by atoms with van der Waals surface area (Å²) in [4.78, 5) is 60.0. The Hall–Kier alpha value is -4.18. The van der Waals surface area contributed by atoms with Crippen LogP contribution >= 0.6 is 43.5 Å². The number of anilines is 1. The van der Waals surface area contributed by atoms with Crippen molar-refractivity contribution in [2.45, 2.75) is 16.1 Å². The van der Waals surface area contributed by atoms with Gasteiger partial charge in [0.25, 0.3) is 0 Å². The van der Waals surface area contributed by atoms with Gasteiger partial charge in [0.2, 0.25) is 11.8 Å². The second-order valence-corrected chi connectivity index (χ2v) is 15.2. The Morgan fingerprint density at radius 2 is 1.39 bits per heavy atom. The number of pyridine rings is 1. The van der Waals surface area contributed by atoms with Gasteiger partial charge in [0, 0.05) is 26.2 Å². The quantitative estimate of drug-likeness (QED) is 0.0710. The molecule has 1 aromatic heterocycles. The first-order valence-electron chi connectivity index (χ1n) is 15.9. The first-order chi connectivity index (χ1) is 23.7. The van der Waals surface area contributed by atoms with E-state index in [1.54, 1.807) is 60.7 Å². The number of carbonyl (C=O) groups excluding carboxylic acids is 4. The molecule has 0 radical (unpaired) electrons. The average molecular weight is 799 g/mol. The highest BCUT2D eigenvalue weighted by Gasteiger charge is 2.66. The van der Waals surface area contributed by atoms with E-state index in [0.717, 1.165) is 17.5 Å². The lowest BCUT2D eigenvalue weighted by Gasteiger charge is -2.28. The van der Waals surface area contributed by atoms with Crippen LogP contribution in [-0.4, -0.2) is 44.8 Å². The number of ether oxygens (including phenoxy) is 1. The number of hydrogen-bond acceptors (Lipinski definition) is 6. The van der Waals surface area contributed by atoms with Gasteiger partial charge in [-0.25, -0.2) is 9.78 Å². The molecule has 5 aromatic rings. The molecule has 2 bridgehead atoms. The number of carbonyl (C=O) groups is 4. The number of fused-ring (bicyclic) bond motifs is 6. The van der Waals surface area contributed by atoms with Gasteiger partial charge in [-0.3, -0.25) is 19.3 Å². The van der Waals surface area contributed by atoms with Crippen LogP contribution in [0.15, 0.2) is 103 Å². The maximum atomic E-state index is 13.5. The van der Waals surface area contributed by atoms with Gasteiger partial charge in [0.15, 0.2) is 12.4 Å². The number of benzene rings is 4. The molecule has 2 saturated carbocycles. The third-order valence-corrected chi connectivity index (χ3v) is 13.6. The fraction of sp³-hybridized carbons (Fsp3) is 0.205. The maximum Gasteiger partial charge on any atom is 0.339 e. The second kappa shape index (κ2) is 12.6. The number of aromatic nitrogens is 1. The molecule has 0 spiro atoms. The minimum absolute atomic E-state index is 0.125. The normalized spacial score (nSPS) is 24.0. The number of rotatable bonds is 7. The zero-order valence-corrected chi connectivity index (χ0v) is 29.7. The highest BCUT2D eigenvalue weighted by Crippen LogP contribution is 2.60. The number of Topliss-reactive ketones (excluding diaryl/α,β-unsaturated/α-hetero) is 1. The molecule has 2 amide bonds. The molecule has 10 heteroatoms. The third kappa shape index (κ3) is 5.43. The molecule has 49 heavy (non-hydrogen) atoms. The molecule has 1 saturated heterocycles. The van der Waals surface area contributed by atoms with Gasteiger partial charge in [0.05, 0.1) is 39.3 Å². The molecule has 7 nitrogen and oxygen atoms in total. The minimum atomic E-state index is -0.689. The van der Waals surface area contributed by atoms with Gasteiger partial charge in [-0.2, -0.15) is 0 Å². The van der Waals surface area contributed by atoms with E-state index >= 15 is 0 Å². The van der Waals surface area contributed by atoms with E-state index in [0.29, 0.717) is 38.4 Å². The highest BCUT2D eigenvalue weighted by atomic mass is 79.9. The second-order valence-electron chi connectivity index (χ2n) is 12.7. The van der Waals surface area contributed by atoms with E-state index in [-0.39, 0.29) is 56.5 Å². The average Bonchev–Trinajstić information content (AvgIpc) is 3.75. The molecular weight excluding hydrogens is 772 g/mol. The van der Waals surface area contributed by atoms with E-state index < -0.39 is 12.6 Å². The predicted molar refractivity (Wildman–Crippen MR) is 195 cm³/mol. The van der Waals surface area contributed by atoms with E-state index in [1.165, 1.54) is 4.90 Å². The van der Waals surface area contributed by atoms with Crippen LogP contribution in [0.2, 0.25) is 5.02 Å². The molecule has 6 unspecified atom stereocenters. The van der Waals surface area contributed by atoms with Crippen molar-refractivity contribution in [3.05, 3.63) is 119 Å². The number of hydrogen-bond donors (Lipinski definition) is 0. The molecule has 3 fully saturated rings. The number of para-hydroxylation sites is 1. The molecule has 8 rings (SSSR count). The molecule has 4 aromatic carbocycles. The Kier molecular flexibility index (Phi) is 8.25. The molecule has 0 N–H and O–H groups in total. The van der Waals surface area contributed by atoms with Crippen molar-refractivity contribution in [2.24, 2.45) is 23.7 Å². The maximum absolute atomic E-state index is 13.5. The van der Waals surface area contributed by atoms with Crippen LogP contribution in [0.1, 0.15) is 27.1 Å². The summed E-state index contributed by atoms with van der Waals surface area (Å²) in [5.74, 6) is -1.70. The Morgan fingerprint density at radius 3 is 2.04 bits per heavy atom. The van der Waals surface area contributed by atoms with Crippen molar-refractivity contribution in [3.8, 4) is 22.4 Å². The summed E-state index contributed by atoms with van der Waals surface area (Å²) in [5.41, 5.74) is 4.65. The van der Waals surface area contributed by atoms with Crippen LogP contribution in [0, 0.1) is 23.7 Å². The first kappa shape index (κ1) is 32.0. The smallest absolute Gasteiger partial charge is 0.339 e. The molecule has 3 aliphatic rings. The monoisotopic (exact) mass is 796 g/mol. The van der Waals surface area contributed by atoms with Gasteiger partial charge in [0.1, 0.15) is 0 Å². The molecule has 6 atom stereocenters. The van der Waals surface area contributed by atoms with E-state index in [1.807, 2.05) is 42.5 Å². The first-order valence-corrected chi connectivity index (χ1v) is 18.1. The summed E-state index contributed by atoms with van der Waals surface area (Å²) in [6, 6.07) is 30.7. The van der Waals surface area contributed by atoms with Crippen molar-refractivity contribution in [1.29, 1.82) is 0 Å². The van der Waals surface area contributed by atoms with Gasteiger partial charge in [-0.1, -0.05) is 122 Å². The summed E-state index contributed by atoms with van der Waals surface area (Å²) in [5, 5.41) is 0.839. The van der Waals surface area contributed by atoms with Crippen LogP contribution in [-0.2, 0) is 14.3 Å². The third-order valence-electron chi connectivity index (χ3n) is 10.1. The predicted octanol–water partition coefficient (Wildman–Crippen LogP) is 8.54. The van der Waals surface area contributed by atoms with E-state index in [9.17, 15) is 19.2 Å². The summed E-state index contributed by atoms with van der Waals surface area (Å²) < 4.78 is 5.53. The molecule has 2 aliphatic carbocycles. The van der Waals surface area contributed by atoms with Crippen molar-refractivity contribution >= 4 is 83.6 Å². The van der Waals surface area contributed by atoms with Crippen LogP contribution in [0.4, 0.5) is 5.69 Å². The lowest BCUT2D eigenvalue weighted by atomic mass is 9.81. The minimum Gasteiger partial charge on any atom is -0.454 e. The standard InChI is InChI=1S/C39H27Br2ClN2O5/c40-34-27-17-28(35(34)41)33-32(27)37(46)44(38(33)47)24-15-13-22(14-16-24)30-18-26(25-7-4-8-29(42)36(25)43-30)39(48)49-19-31(45)23-11-9-21(10-12-23)20-5-2-1-3-6-20/h1-16,18,27-28,32-35H,17,19H2. The van der Waals surface area contributed by atoms with Gasteiger partial charge in [-0.15, -0.1) is 0 Å². The Balaban J connectivity index is 1.03. The number of esters is 1. The van der Waals surface area contributed by atoms with E-state index in [4.69, 9.17) is 21.3 Å². The number of nitrogens with zero attached hydrogens (tertiary/aromatic N) is 2. The molecule has 1 aliphatic heterocycles. The molecule has 2 heterocycles. The Morgan fingerprint density at radius 1 is 0.776 bits per heavy atom. The summed E-state index contributed by atoms with van der Waals surface area (Å²) in [6.07, 6.45) is 0.863. The fourth-order valence-electron chi connectivity index (χ4n) is 7.69. The van der Waals surface area contributed by atoms with E-state index in [2.05, 4.69) is 31.9 Å². The largest absolute Gasteiger partial charge is 0.454 e. The highest BCUT2D eigenvalue weighted by molar-refractivity contribution is 9.12. The van der Waals surface area contributed by atoms with Gasteiger partial charge >= 0.3 is 5.97 Å². The van der Waals surface area contributed by atoms with Crippen molar-refractivity contribution in [3.63, 3.8) is 0 Å². The summed E-state index contributed by atoms with van der Waals surface area (Å²) in [6.45, 7) is -0.439. The molecular formula is C39H27Br2ClN2O5.